The highest BCUT2D eigenvalue weighted by Crippen LogP contribution is 2.29. The van der Waals surface area contributed by atoms with Crippen molar-refractivity contribution in [2.45, 2.75) is 31.3 Å². The number of ether oxygens (including phenoxy) is 2. The van der Waals surface area contributed by atoms with E-state index in [1.165, 1.54) is 0 Å². The van der Waals surface area contributed by atoms with Crippen molar-refractivity contribution in [1.29, 1.82) is 5.26 Å². The minimum absolute atomic E-state index is 0.0000117. The molecule has 210 valence electrons. The van der Waals surface area contributed by atoms with Crippen LogP contribution in [0, 0.1) is 11.3 Å². The van der Waals surface area contributed by atoms with Gasteiger partial charge in [-0.3, -0.25) is 14.9 Å². The van der Waals surface area contributed by atoms with Crippen molar-refractivity contribution in [2.24, 2.45) is 5.73 Å². The number of hydrogen-bond donors (Lipinski definition) is 1. The largest absolute Gasteiger partial charge is 0.378 e. The van der Waals surface area contributed by atoms with Gasteiger partial charge in [-0.2, -0.15) is 10.2 Å². The maximum atomic E-state index is 9.51. The van der Waals surface area contributed by atoms with Gasteiger partial charge in [0.2, 0.25) is 5.95 Å². The number of nitrogens with two attached hydrogens (primary N) is 1. The average Bonchev–Trinajstić information content (AvgIpc) is 3.37. The average molecular weight is 545 g/mol. The molecule has 2 aromatic heterocycles. The van der Waals surface area contributed by atoms with Gasteiger partial charge in [0, 0.05) is 84.6 Å². The number of morpholine rings is 1. The molecule has 1 aromatic carbocycles. The number of benzene rings is 1. The van der Waals surface area contributed by atoms with Crippen molar-refractivity contribution in [3.63, 3.8) is 0 Å². The van der Waals surface area contributed by atoms with Crippen molar-refractivity contribution in [1.82, 2.24) is 24.8 Å². The number of piperazine rings is 1. The van der Waals surface area contributed by atoms with Gasteiger partial charge in [0.1, 0.15) is 22.9 Å². The summed E-state index contributed by atoms with van der Waals surface area (Å²) in [6, 6.07) is 8.01. The van der Waals surface area contributed by atoms with Gasteiger partial charge in [-0.05, 0) is 25.1 Å². The molecule has 12 nitrogen and oxygen atoms in total. The first kappa shape index (κ1) is 26.6. The van der Waals surface area contributed by atoms with Crippen LogP contribution in [0.4, 0.5) is 17.5 Å². The number of rotatable bonds is 6. The highest BCUT2D eigenvalue weighted by atomic mass is 16.5. The van der Waals surface area contributed by atoms with Crippen LogP contribution in [0.1, 0.15) is 12.5 Å². The molecular weight excluding hydrogens is 508 g/mol. The molecule has 0 spiro atoms. The second kappa shape index (κ2) is 11.5. The summed E-state index contributed by atoms with van der Waals surface area (Å²) in [6.07, 6.45) is 5.30. The lowest BCUT2D eigenvalue weighted by atomic mass is 10.1. The lowest BCUT2D eigenvalue weighted by Gasteiger charge is -2.42. The molecule has 3 fully saturated rings. The van der Waals surface area contributed by atoms with Gasteiger partial charge in [-0.1, -0.05) is 0 Å². The first-order valence-corrected chi connectivity index (χ1v) is 13.9. The molecule has 0 radical (unpaired) electrons. The van der Waals surface area contributed by atoms with Crippen LogP contribution in [0.5, 0.6) is 0 Å². The van der Waals surface area contributed by atoms with E-state index >= 15 is 0 Å². The van der Waals surface area contributed by atoms with Crippen molar-refractivity contribution < 1.29 is 9.47 Å². The highest BCUT2D eigenvalue weighted by Gasteiger charge is 2.33. The van der Waals surface area contributed by atoms with Gasteiger partial charge in [0.15, 0.2) is 0 Å². The number of aromatic nitrogens is 4. The Kier molecular flexibility index (Phi) is 7.62. The van der Waals surface area contributed by atoms with Crippen molar-refractivity contribution >= 4 is 28.5 Å². The van der Waals surface area contributed by atoms with E-state index in [4.69, 9.17) is 20.2 Å². The standard InChI is InChI=1S/C28H36N10O2/c1-19-14-37(23-4-3-20(13-29)26-27(23)32-8-7-31-26)16-21(40-19)15-35-9-11-36(12-10-35)25-5-6-33-28(34-25)38-17-22(30)24(18-38)39-2/h3-8,19,21-22,24H,9-12,14-18,30H2,1-2H3/t19-,21+,22-,24-/m1/s1. The summed E-state index contributed by atoms with van der Waals surface area (Å²) in [5.41, 5.74) is 9.16. The van der Waals surface area contributed by atoms with Crippen molar-refractivity contribution in [2.75, 3.05) is 80.7 Å². The molecule has 3 aromatic rings. The lowest BCUT2D eigenvalue weighted by Crippen LogP contribution is -2.54. The van der Waals surface area contributed by atoms with Crippen LogP contribution in [-0.4, -0.2) is 115 Å². The van der Waals surface area contributed by atoms with Gasteiger partial charge < -0.3 is 29.9 Å². The van der Waals surface area contributed by atoms with Crippen LogP contribution >= 0.6 is 0 Å². The van der Waals surface area contributed by atoms with Crippen LogP contribution in [0.25, 0.3) is 11.0 Å². The lowest BCUT2D eigenvalue weighted by molar-refractivity contribution is -0.0327. The fourth-order valence-corrected chi connectivity index (χ4v) is 6.06. The van der Waals surface area contributed by atoms with E-state index < -0.39 is 0 Å². The minimum Gasteiger partial charge on any atom is -0.378 e. The summed E-state index contributed by atoms with van der Waals surface area (Å²) in [4.78, 5) is 27.6. The molecule has 5 heterocycles. The Morgan fingerprint density at radius 3 is 2.50 bits per heavy atom. The maximum Gasteiger partial charge on any atom is 0.227 e. The molecule has 0 saturated carbocycles. The van der Waals surface area contributed by atoms with E-state index in [2.05, 4.69) is 47.5 Å². The molecule has 0 bridgehead atoms. The Hall–Kier alpha value is -3.63. The summed E-state index contributed by atoms with van der Waals surface area (Å²) < 4.78 is 11.9. The molecule has 0 unspecified atom stereocenters. The second-order valence-corrected chi connectivity index (χ2v) is 10.8. The number of methoxy groups -OCH3 is 1. The molecule has 6 rings (SSSR count). The van der Waals surface area contributed by atoms with E-state index in [1.807, 2.05) is 24.4 Å². The SMILES string of the molecule is CO[C@@H]1CN(c2nccc(N3CCN(C[C@H]4CN(c5ccc(C#N)c6nccnc56)C[C@@H](C)O4)CC3)n2)C[C@H]1N. The minimum atomic E-state index is -0.0370. The van der Waals surface area contributed by atoms with Crippen LogP contribution in [-0.2, 0) is 9.47 Å². The van der Waals surface area contributed by atoms with E-state index in [-0.39, 0.29) is 24.4 Å². The molecule has 3 aliphatic heterocycles. The van der Waals surface area contributed by atoms with Gasteiger partial charge in [-0.25, -0.2) is 4.98 Å². The summed E-state index contributed by atoms with van der Waals surface area (Å²) >= 11 is 0. The van der Waals surface area contributed by atoms with Crippen LogP contribution < -0.4 is 20.4 Å². The summed E-state index contributed by atoms with van der Waals surface area (Å²) in [5.74, 6) is 1.65. The molecule has 4 atom stereocenters. The van der Waals surface area contributed by atoms with Gasteiger partial charge in [0.25, 0.3) is 0 Å². The van der Waals surface area contributed by atoms with E-state index in [9.17, 15) is 5.26 Å². The first-order chi connectivity index (χ1) is 19.5. The zero-order chi connectivity index (χ0) is 27.6. The van der Waals surface area contributed by atoms with Crippen molar-refractivity contribution in [3.05, 3.63) is 42.4 Å². The third-order valence-corrected chi connectivity index (χ3v) is 8.07. The zero-order valence-electron chi connectivity index (χ0n) is 23.1. The van der Waals surface area contributed by atoms with E-state index in [0.29, 0.717) is 30.1 Å². The second-order valence-electron chi connectivity index (χ2n) is 10.8. The van der Waals surface area contributed by atoms with E-state index in [1.54, 1.807) is 19.5 Å². The number of hydrogen-bond acceptors (Lipinski definition) is 12. The van der Waals surface area contributed by atoms with Crippen LogP contribution in [0.2, 0.25) is 0 Å². The molecule has 0 aliphatic carbocycles. The summed E-state index contributed by atoms with van der Waals surface area (Å²) in [7, 11) is 1.70. The van der Waals surface area contributed by atoms with E-state index in [0.717, 1.165) is 62.8 Å². The predicted molar refractivity (Wildman–Crippen MR) is 152 cm³/mol. The number of fused-ring (bicyclic) bond motifs is 1. The number of nitriles is 1. The first-order valence-electron chi connectivity index (χ1n) is 13.9. The molecule has 0 amide bonds. The number of anilines is 3. The summed E-state index contributed by atoms with van der Waals surface area (Å²) in [6.45, 7) is 9.53. The Morgan fingerprint density at radius 2 is 1.75 bits per heavy atom. The predicted octanol–water partition coefficient (Wildman–Crippen LogP) is 0.870. The Labute approximate surface area is 234 Å². The summed E-state index contributed by atoms with van der Waals surface area (Å²) in [5, 5.41) is 9.51. The molecule has 40 heavy (non-hydrogen) atoms. The Bertz CT molecular complexity index is 1370. The van der Waals surface area contributed by atoms with Crippen molar-refractivity contribution in [3.8, 4) is 6.07 Å². The highest BCUT2D eigenvalue weighted by molar-refractivity contribution is 5.92. The van der Waals surface area contributed by atoms with Crippen LogP contribution in [0.15, 0.2) is 36.8 Å². The van der Waals surface area contributed by atoms with Gasteiger partial charge in [0.05, 0.1) is 35.6 Å². The van der Waals surface area contributed by atoms with Gasteiger partial charge in [-0.15, -0.1) is 0 Å². The quantitative estimate of drug-likeness (QED) is 0.472. The molecule has 12 heteroatoms. The maximum absolute atomic E-state index is 9.51. The fourth-order valence-electron chi connectivity index (χ4n) is 6.06. The zero-order valence-corrected chi connectivity index (χ0v) is 23.1. The molecular formula is C28H36N10O2. The Morgan fingerprint density at radius 1 is 0.950 bits per heavy atom. The Balaban J connectivity index is 1.08. The molecule has 3 aliphatic rings. The fraction of sp³-hybridized carbons (Fsp3) is 0.536. The molecule has 2 N–H and O–H groups in total. The smallest absolute Gasteiger partial charge is 0.227 e. The third-order valence-electron chi connectivity index (χ3n) is 8.07. The van der Waals surface area contributed by atoms with Crippen LogP contribution in [0.3, 0.4) is 0 Å². The number of nitrogens with zero attached hydrogens (tertiary/aromatic N) is 9. The molecule has 3 saturated heterocycles. The normalized spacial score (nSPS) is 25.9. The van der Waals surface area contributed by atoms with Gasteiger partial charge >= 0.3 is 0 Å². The monoisotopic (exact) mass is 544 g/mol. The topological polar surface area (TPSA) is 133 Å². The third kappa shape index (κ3) is 5.38.